The van der Waals surface area contributed by atoms with Crippen molar-refractivity contribution >= 4 is 5.78 Å². The van der Waals surface area contributed by atoms with Gasteiger partial charge in [0.15, 0.2) is 0 Å². The van der Waals surface area contributed by atoms with Crippen LogP contribution >= 0.6 is 0 Å². The highest BCUT2D eigenvalue weighted by Gasteiger charge is 2.06. The van der Waals surface area contributed by atoms with Crippen molar-refractivity contribution in [3.63, 3.8) is 0 Å². The van der Waals surface area contributed by atoms with Gasteiger partial charge in [0.25, 0.3) is 0 Å². The maximum Gasteiger partial charge on any atom is 0.237 e. The quantitative estimate of drug-likeness (QED) is 0.483. The Morgan fingerprint density at radius 1 is 0.583 bits per heavy atom. The fourth-order valence-electron chi connectivity index (χ4n) is 2.17. The minimum Gasteiger partial charge on any atom is -0.279 e. The molecule has 0 radical (unpaired) electrons. The molecule has 24 heavy (non-hydrogen) atoms. The van der Waals surface area contributed by atoms with E-state index in [2.05, 4.69) is 23.7 Å². The standard InChI is InChI=1S/C23H14O/c24-23(18-16-20-11-5-2-6-12-20)22-14-8-7-13-21(22)17-15-19-9-3-1-4-10-19/h1-14H. The lowest BCUT2D eigenvalue weighted by Crippen LogP contribution is -1.98. The highest BCUT2D eigenvalue weighted by Crippen LogP contribution is 2.09. The molecular formula is C23H14O. The molecule has 0 N–H and O–H groups in total. The lowest BCUT2D eigenvalue weighted by molar-refractivity contribution is 0.105. The van der Waals surface area contributed by atoms with E-state index in [0.29, 0.717) is 11.1 Å². The third-order valence-corrected chi connectivity index (χ3v) is 3.38. The number of carbonyl (C=O) groups is 1. The second-order valence-electron chi connectivity index (χ2n) is 5.11. The normalized spacial score (nSPS) is 9.17. The Kier molecular flexibility index (Phi) is 4.88. The van der Waals surface area contributed by atoms with Gasteiger partial charge in [0.1, 0.15) is 0 Å². The molecule has 112 valence electrons. The Labute approximate surface area is 142 Å². The van der Waals surface area contributed by atoms with Crippen molar-refractivity contribution in [3.8, 4) is 23.7 Å². The van der Waals surface area contributed by atoms with E-state index in [1.54, 1.807) is 6.07 Å². The largest absolute Gasteiger partial charge is 0.279 e. The first-order valence-corrected chi connectivity index (χ1v) is 7.60. The second-order valence-corrected chi connectivity index (χ2v) is 5.11. The number of hydrogen-bond donors (Lipinski definition) is 0. The first-order valence-electron chi connectivity index (χ1n) is 7.60. The van der Waals surface area contributed by atoms with Gasteiger partial charge in [-0.3, -0.25) is 4.79 Å². The Bertz CT molecular complexity index is 962. The molecule has 0 unspecified atom stereocenters. The summed E-state index contributed by atoms with van der Waals surface area (Å²) in [4.78, 5) is 12.4. The Balaban J connectivity index is 1.89. The van der Waals surface area contributed by atoms with Crippen LogP contribution in [0.3, 0.4) is 0 Å². The molecule has 0 aliphatic rings. The van der Waals surface area contributed by atoms with E-state index >= 15 is 0 Å². The number of ketones is 1. The summed E-state index contributed by atoms with van der Waals surface area (Å²) in [5, 5.41) is 0. The van der Waals surface area contributed by atoms with Crippen LogP contribution in [0.1, 0.15) is 27.0 Å². The predicted octanol–water partition coefficient (Wildman–Crippen LogP) is 4.32. The van der Waals surface area contributed by atoms with Crippen LogP contribution < -0.4 is 0 Å². The van der Waals surface area contributed by atoms with E-state index in [-0.39, 0.29) is 5.78 Å². The summed E-state index contributed by atoms with van der Waals surface area (Å²) in [5.41, 5.74) is 2.95. The summed E-state index contributed by atoms with van der Waals surface area (Å²) >= 11 is 0. The summed E-state index contributed by atoms with van der Waals surface area (Å²) in [6.07, 6.45) is 0. The maximum atomic E-state index is 12.4. The molecule has 0 spiro atoms. The molecule has 0 aliphatic heterocycles. The zero-order chi connectivity index (χ0) is 16.6. The topological polar surface area (TPSA) is 17.1 Å². The minimum absolute atomic E-state index is 0.225. The lowest BCUT2D eigenvalue weighted by atomic mass is 10.0. The van der Waals surface area contributed by atoms with Crippen molar-refractivity contribution < 1.29 is 4.79 Å². The van der Waals surface area contributed by atoms with Crippen LogP contribution in [0, 0.1) is 23.7 Å². The van der Waals surface area contributed by atoms with Crippen molar-refractivity contribution in [3.05, 3.63) is 107 Å². The van der Waals surface area contributed by atoms with Gasteiger partial charge in [-0.2, -0.15) is 0 Å². The molecule has 3 rings (SSSR count). The van der Waals surface area contributed by atoms with Crippen LogP contribution in [-0.4, -0.2) is 5.78 Å². The number of hydrogen-bond acceptors (Lipinski definition) is 1. The molecule has 0 atom stereocenters. The van der Waals surface area contributed by atoms with E-state index in [1.807, 2.05) is 78.9 Å². The van der Waals surface area contributed by atoms with E-state index < -0.39 is 0 Å². The van der Waals surface area contributed by atoms with Crippen molar-refractivity contribution in [1.82, 2.24) is 0 Å². The van der Waals surface area contributed by atoms with Crippen molar-refractivity contribution in [2.45, 2.75) is 0 Å². The third kappa shape index (κ3) is 4.01. The van der Waals surface area contributed by atoms with Gasteiger partial charge in [-0.15, -0.1) is 0 Å². The molecule has 0 heterocycles. The number of Topliss-reactive ketones (excluding diaryl/α,β-unsaturated/α-hetero) is 1. The van der Waals surface area contributed by atoms with E-state index in [9.17, 15) is 4.79 Å². The molecule has 0 bridgehead atoms. The molecular weight excluding hydrogens is 292 g/mol. The van der Waals surface area contributed by atoms with Crippen LogP contribution in [0.5, 0.6) is 0 Å². The molecule has 0 aliphatic carbocycles. The van der Waals surface area contributed by atoms with Crippen LogP contribution in [0.15, 0.2) is 84.9 Å². The lowest BCUT2D eigenvalue weighted by Gasteiger charge is -1.98. The highest BCUT2D eigenvalue weighted by molar-refractivity contribution is 6.10. The van der Waals surface area contributed by atoms with Gasteiger partial charge < -0.3 is 0 Å². The van der Waals surface area contributed by atoms with Gasteiger partial charge >= 0.3 is 0 Å². The van der Waals surface area contributed by atoms with Gasteiger partial charge in [-0.1, -0.05) is 66.3 Å². The Hall–Kier alpha value is -3.55. The van der Waals surface area contributed by atoms with Crippen LogP contribution in [-0.2, 0) is 0 Å². The fraction of sp³-hybridized carbons (Fsp3) is 0. The molecule has 0 amide bonds. The molecule has 1 nitrogen and oxygen atoms in total. The molecule has 1 heteroatoms. The summed E-state index contributed by atoms with van der Waals surface area (Å²) in [5.74, 6) is 11.5. The average Bonchev–Trinajstić information content (AvgIpc) is 2.66. The molecule has 3 aromatic carbocycles. The monoisotopic (exact) mass is 306 g/mol. The molecule has 0 saturated heterocycles. The summed E-state index contributed by atoms with van der Waals surface area (Å²) in [6.45, 7) is 0. The van der Waals surface area contributed by atoms with E-state index in [1.165, 1.54) is 0 Å². The minimum atomic E-state index is -0.225. The van der Waals surface area contributed by atoms with Crippen LogP contribution in [0.25, 0.3) is 0 Å². The van der Waals surface area contributed by atoms with E-state index in [0.717, 1.165) is 11.1 Å². The zero-order valence-electron chi connectivity index (χ0n) is 13.0. The summed E-state index contributed by atoms with van der Waals surface area (Å²) < 4.78 is 0. The number of rotatable bonds is 1. The maximum absolute atomic E-state index is 12.4. The predicted molar refractivity (Wildman–Crippen MR) is 96.5 cm³/mol. The Morgan fingerprint density at radius 2 is 1.12 bits per heavy atom. The van der Waals surface area contributed by atoms with Crippen LogP contribution in [0.4, 0.5) is 0 Å². The third-order valence-electron chi connectivity index (χ3n) is 3.38. The summed E-state index contributed by atoms with van der Waals surface area (Å²) in [7, 11) is 0. The first-order chi connectivity index (χ1) is 11.8. The SMILES string of the molecule is O=C(C#Cc1ccccc1)c1ccccc1C#Cc1ccccc1. The average molecular weight is 306 g/mol. The second kappa shape index (κ2) is 7.63. The molecule has 0 saturated carbocycles. The highest BCUT2D eigenvalue weighted by atomic mass is 16.1. The fourth-order valence-corrected chi connectivity index (χ4v) is 2.17. The van der Waals surface area contributed by atoms with Crippen LogP contribution in [0.2, 0.25) is 0 Å². The zero-order valence-corrected chi connectivity index (χ0v) is 13.0. The van der Waals surface area contributed by atoms with Gasteiger partial charge in [-0.05, 0) is 42.3 Å². The van der Waals surface area contributed by atoms with Gasteiger partial charge in [-0.25, -0.2) is 0 Å². The van der Waals surface area contributed by atoms with Crippen molar-refractivity contribution in [1.29, 1.82) is 0 Å². The summed E-state index contributed by atoms with van der Waals surface area (Å²) in [6, 6.07) is 26.5. The molecule has 0 aromatic heterocycles. The number of benzene rings is 3. The van der Waals surface area contributed by atoms with E-state index in [4.69, 9.17) is 0 Å². The van der Waals surface area contributed by atoms with Gasteiger partial charge in [0.05, 0.1) is 0 Å². The van der Waals surface area contributed by atoms with Crippen molar-refractivity contribution in [2.24, 2.45) is 0 Å². The van der Waals surface area contributed by atoms with Gasteiger partial charge in [0, 0.05) is 22.3 Å². The Morgan fingerprint density at radius 3 is 1.79 bits per heavy atom. The number of carbonyl (C=O) groups excluding carboxylic acids is 1. The van der Waals surface area contributed by atoms with Crippen molar-refractivity contribution in [2.75, 3.05) is 0 Å². The molecule has 3 aromatic rings. The van der Waals surface area contributed by atoms with Gasteiger partial charge in [0.2, 0.25) is 5.78 Å². The first kappa shape index (κ1) is 15.3. The smallest absolute Gasteiger partial charge is 0.237 e. The molecule has 0 fully saturated rings.